The third-order valence-corrected chi connectivity index (χ3v) is 3.27. The first-order chi connectivity index (χ1) is 6.99. The molecule has 15 heavy (non-hydrogen) atoms. The molecule has 0 aromatic heterocycles. The fourth-order valence-electron chi connectivity index (χ4n) is 2.31. The van der Waals surface area contributed by atoms with Gasteiger partial charge in [-0.25, -0.2) is 0 Å². The molecule has 4 heteroatoms. The second kappa shape index (κ2) is 5.73. The van der Waals surface area contributed by atoms with Crippen molar-refractivity contribution in [3.05, 3.63) is 0 Å². The first-order valence-electron chi connectivity index (χ1n) is 5.81. The number of rotatable bonds is 3. The normalized spacial score (nSPS) is 22.4. The molecule has 0 bridgehead atoms. The van der Waals surface area contributed by atoms with E-state index in [1.165, 1.54) is 12.8 Å². The number of halogens is 3. The lowest BCUT2D eigenvalue weighted by atomic mass is 9.89. The third kappa shape index (κ3) is 5.40. The predicted molar refractivity (Wildman–Crippen MR) is 54.5 cm³/mol. The molecule has 0 saturated heterocycles. The average Bonchev–Trinajstić information content (AvgIpc) is 2.41. The van der Waals surface area contributed by atoms with Crippen LogP contribution in [-0.4, -0.2) is 12.2 Å². The van der Waals surface area contributed by atoms with E-state index in [9.17, 15) is 13.2 Å². The summed E-state index contributed by atoms with van der Waals surface area (Å²) in [5.41, 5.74) is 5.83. The molecule has 0 spiro atoms. The Morgan fingerprint density at radius 1 is 1.07 bits per heavy atom. The minimum Gasteiger partial charge on any atom is -0.327 e. The van der Waals surface area contributed by atoms with E-state index in [-0.39, 0.29) is 12.5 Å². The summed E-state index contributed by atoms with van der Waals surface area (Å²) in [6.07, 6.45) is 2.01. The minimum absolute atomic E-state index is 0.0914. The van der Waals surface area contributed by atoms with E-state index in [0.717, 1.165) is 25.7 Å². The van der Waals surface area contributed by atoms with Gasteiger partial charge in [0.05, 0.1) is 0 Å². The lowest BCUT2D eigenvalue weighted by Gasteiger charge is -2.22. The Labute approximate surface area is 89.2 Å². The van der Waals surface area contributed by atoms with Gasteiger partial charge in [0.2, 0.25) is 0 Å². The SMILES string of the molecule is NC(CCC(F)(F)F)C1CCCCCC1. The molecule has 1 fully saturated rings. The minimum atomic E-state index is -4.05. The molecule has 1 nitrogen and oxygen atoms in total. The fraction of sp³-hybridized carbons (Fsp3) is 1.00. The molecule has 1 rings (SSSR count). The van der Waals surface area contributed by atoms with Gasteiger partial charge >= 0.3 is 6.18 Å². The van der Waals surface area contributed by atoms with Gasteiger partial charge in [0.1, 0.15) is 0 Å². The topological polar surface area (TPSA) is 26.0 Å². The maximum Gasteiger partial charge on any atom is 0.389 e. The van der Waals surface area contributed by atoms with Gasteiger partial charge in [-0.05, 0) is 25.2 Å². The Morgan fingerprint density at radius 3 is 2.07 bits per heavy atom. The standard InChI is InChI=1S/C11H20F3N/c12-11(13,14)8-7-10(15)9-5-3-1-2-4-6-9/h9-10H,1-8,15H2. The largest absolute Gasteiger partial charge is 0.389 e. The molecule has 0 amide bonds. The van der Waals surface area contributed by atoms with E-state index in [0.29, 0.717) is 5.92 Å². The van der Waals surface area contributed by atoms with E-state index in [2.05, 4.69) is 0 Å². The van der Waals surface area contributed by atoms with E-state index in [1.54, 1.807) is 0 Å². The fourth-order valence-corrected chi connectivity index (χ4v) is 2.31. The van der Waals surface area contributed by atoms with Gasteiger partial charge in [0.25, 0.3) is 0 Å². The summed E-state index contributed by atoms with van der Waals surface area (Å²) in [5, 5.41) is 0. The number of nitrogens with two attached hydrogens (primary N) is 1. The molecule has 1 saturated carbocycles. The van der Waals surface area contributed by atoms with Crippen LogP contribution < -0.4 is 5.73 Å². The van der Waals surface area contributed by atoms with Gasteiger partial charge in [0.15, 0.2) is 0 Å². The number of hydrogen-bond donors (Lipinski definition) is 1. The second-order valence-electron chi connectivity index (χ2n) is 4.57. The van der Waals surface area contributed by atoms with Crippen LogP contribution in [0.25, 0.3) is 0 Å². The lowest BCUT2D eigenvalue weighted by Crippen LogP contribution is -2.31. The van der Waals surface area contributed by atoms with Gasteiger partial charge < -0.3 is 5.73 Å². The molecule has 0 radical (unpaired) electrons. The molecule has 0 aliphatic heterocycles. The van der Waals surface area contributed by atoms with Crippen molar-refractivity contribution in [2.75, 3.05) is 0 Å². The summed E-state index contributed by atoms with van der Waals surface area (Å²) in [4.78, 5) is 0. The van der Waals surface area contributed by atoms with Gasteiger partial charge in [-0.1, -0.05) is 25.7 Å². The Balaban J connectivity index is 2.28. The second-order valence-corrected chi connectivity index (χ2v) is 4.57. The van der Waals surface area contributed by atoms with Gasteiger partial charge in [-0.2, -0.15) is 13.2 Å². The van der Waals surface area contributed by atoms with Crippen molar-refractivity contribution in [1.29, 1.82) is 0 Å². The monoisotopic (exact) mass is 223 g/mol. The highest BCUT2D eigenvalue weighted by atomic mass is 19.4. The summed E-state index contributed by atoms with van der Waals surface area (Å²) in [5.74, 6) is 0.315. The summed E-state index contributed by atoms with van der Waals surface area (Å²) in [6, 6.07) is -0.260. The zero-order valence-corrected chi connectivity index (χ0v) is 9.02. The average molecular weight is 223 g/mol. The molecule has 0 aromatic rings. The van der Waals surface area contributed by atoms with Crippen LogP contribution in [0.2, 0.25) is 0 Å². The van der Waals surface area contributed by atoms with Crippen molar-refractivity contribution < 1.29 is 13.2 Å². The van der Waals surface area contributed by atoms with Crippen LogP contribution in [0.4, 0.5) is 13.2 Å². The molecule has 0 aromatic carbocycles. The van der Waals surface area contributed by atoms with Crippen molar-refractivity contribution in [2.45, 2.75) is 63.6 Å². The third-order valence-electron chi connectivity index (χ3n) is 3.27. The van der Waals surface area contributed by atoms with Crippen LogP contribution in [0.15, 0.2) is 0 Å². The zero-order valence-electron chi connectivity index (χ0n) is 9.02. The van der Waals surface area contributed by atoms with Crippen LogP contribution in [0.3, 0.4) is 0 Å². The molecule has 90 valence electrons. The van der Waals surface area contributed by atoms with Crippen LogP contribution in [0.5, 0.6) is 0 Å². The molecule has 2 N–H and O–H groups in total. The van der Waals surface area contributed by atoms with Crippen molar-refractivity contribution >= 4 is 0 Å². The Morgan fingerprint density at radius 2 is 1.60 bits per heavy atom. The van der Waals surface area contributed by atoms with Gasteiger partial charge in [-0.15, -0.1) is 0 Å². The summed E-state index contributed by atoms with van der Waals surface area (Å²) in [6.45, 7) is 0. The highest BCUT2D eigenvalue weighted by Crippen LogP contribution is 2.29. The quantitative estimate of drug-likeness (QED) is 0.726. The van der Waals surface area contributed by atoms with E-state index >= 15 is 0 Å². The molecule has 1 atom stereocenters. The smallest absolute Gasteiger partial charge is 0.327 e. The highest BCUT2D eigenvalue weighted by molar-refractivity contribution is 4.76. The molecular weight excluding hydrogens is 203 g/mol. The van der Waals surface area contributed by atoms with Gasteiger partial charge in [0, 0.05) is 12.5 Å². The van der Waals surface area contributed by atoms with Gasteiger partial charge in [-0.3, -0.25) is 0 Å². The van der Waals surface area contributed by atoms with E-state index in [1.807, 2.05) is 0 Å². The first kappa shape index (κ1) is 12.8. The van der Waals surface area contributed by atoms with E-state index in [4.69, 9.17) is 5.73 Å². The Hall–Kier alpha value is -0.250. The summed E-state index contributed by atoms with van der Waals surface area (Å²) in [7, 11) is 0. The summed E-state index contributed by atoms with van der Waals surface area (Å²) >= 11 is 0. The summed E-state index contributed by atoms with van der Waals surface area (Å²) < 4.78 is 36.0. The van der Waals surface area contributed by atoms with Crippen LogP contribution in [0, 0.1) is 5.92 Å². The van der Waals surface area contributed by atoms with Crippen molar-refractivity contribution in [3.8, 4) is 0 Å². The zero-order chi connectivity index (χ0) is 11.3. The first-order valence-corrected chi connectivity index (χ1v) is 5.81. The number of alkyl halides is 3. The van der Waals surface area contributed by atoms with Crippen LogP contribution in [0.1, 0.15) is 51.4 Å². The molecular formula is C11H20F3N. The predicted octanol–water partition coefficient (Wildman–Crippen LogP) is 3.63. The molecule has 0 heterocycles. The van der Waals surface area contributed by atoms with E-state index < -0.39 is 12.6 Å². The van der Waals surface area contributed by atoms with Crippen LogP contribution >= 0.6 is 0 Å². The van der Waals surface area contributed by atoms with Crippen molar-refractivity contribution in [3.63, 3.8) is 0 Å². The lowest BCUT2D eigenvalue weighted by molar-refractivity contribution is -0.136. The Bertz CT molecular complexity index is 171. The Kier molecular flexibility index (Phi) is 4.90. The van der Waals surface area contributed by atoms with Crippen molar-refractivity contribution in [1.82, 2.24) is 0 Å². The molecule has 1 aliphatic rings. The number of hydrogen-bond acceptors (Lipinski definition) is 1. The molecule has 1 unspecified atom stereocenters. The maximum atomic E-state index is 12.0. The van der Waals surface area contributed by atoms with Crippen molar-refractivity contribution in [2.24, 2.45) is 11.7 Å². The maximum absolute atomic E-state index is 12.0. The van der Waals surface area contributed by atoms with Crippen LogP contribution in [-0.2, 0) is 0 Å². The highest BCUT2D eigenvalue weighted by Gasteiger charge is 2.29. The molecule has 1 aliphatic carbocycles.